The molecule has 1 aromatic carbocycles. The summed E-state index contributed by atoms with van der Waals surface area (Å²) in [4.78, 5) is 34.4. The van der Waals surface area contributed by atoms with Gasteiger partial charge in [-0.15, -0.1) is 0 Å². The highest BCUT2D eigenvalue weighted by molar-refractivity contribution is 5.92. The quantitative estimate of drug-likeness (QED) is 0.439. The van der Waals surface area contributed by atoms with Crippen molar-refractivity contribution in [3.8, 4) is 11.3 Å². The van der Waals surface area contributed by atoms with Crippen LogP contribution in [0.5, 0.6) is 0 Å². The van der Waals surface area contributed by atoms with Crippen molar-refractivity contribution in [2.45, 2.75) is 32.8 Å². The number of morpholine rings is 1. The number of carboxylic acid groups (broad SMARTS) is 1. The molecule has 36 heavy (non-hydrogen) atoms. The van der Waals surface area contributed by atoms with Gasteiger partial charge in [-0.1, -0.05) is 19.9 Å². The second-order valence-corrected chi connectivity index (χ2v) is 9.65. The van der Waals surface area contributed by atoms with Crippen LogP contribution in [0, 0.1) is 6.92 Å². The van der Waals surface area contributed by atoms with Crippen LogP contribution in [-0.4, -0.2) is 79.8 Å². The van der Waals surface area contributed by atoms with Gasteiger partial charge < -0.3 is 24.6 Å². The van der Waals surface area contributed by atoms with Crippen LogP contribution in [0.3, 0.4) is 0 Å². The molecule has 0 radical (unpaired) electrons. The summed E-state index contributed by atoms with van der Waals surface area (Å²) in [5.41, 5.74) is 7.20. The van der Waals surface area contributed by atoms with Crippen molar-refractivity contribution in [2.75, 3.05) is 33.3 Å². The molecule has 0 saturated carbocycles. The second-order valence-electron chi connectivity index (χ2n) is 9.65. The molecule has 1 aliphatic rings. The van der Waals surface area contributed by atoms with Crippen molar-refractivity contribution in [3.05, 3.63) is 53.5 Å². The molecule has 5 rings (SSSR count). The molecule has 188 valence electrons. The molecule has 2 N–H and O–H groups in total. The molecule has 2 amide bonds. The van der Waals surface area contributed by atoms with E-state index in [0.717, 1.165) is 43.8 Å². The third-order valence-electron chi connectivity index (χ3n) is 6.78. The van der Waals surface area contributed by atoms with Crippen LogP contribution in [0.25, 0.3) is 27.8 Å². The largest absolute Gasteiger partial charge is 0.465 e. The van der Waals surface area contributed by atoms with Gasteiger partial charge >= 0.3 is 6.09 Å². The second kappa shape index (κ2) is 9.27. The number of nitrogens with zero attached hydrogens (tertiary/aromatic N) is 5. The van der Waals surface area contributed by atoms with E-state index in [0.29, 0.717) is 19.7 Å². The molecule has 1 unspecified atom stereocenters. The van der Waals surface area contributed by atoms with Crippen molar-refractivity contribution in [2.24, 2.45) is 0 Å². The molecule has 1 aliphatic heterocycles. The van der Waals surface area contributed by atoms with Crippen LogP contribution in [-0.2, 0) is 9.53 Å². The van der Waals surface area contributed by atoms with Crippen molar-refractivity contribution in [1.29, 1.82) is 0 Å². The number of hydrogen-bond donors (Lipinski definition) is 2. The Bertz CT molecular complexity index is 1460. The van der Waals surface area contributed by atoms with Crippen molar-refractivity contribution < 1.29 is 19.4 Å². The number of hydrogen-bond acceptors (Lipinski definition) is 5. The first-order valence-electron chi connectivity index (χ1n) is 12.0. The number of aryl methyl sites for hydroxylation is 1. The first kappa shape index (κ1) is 23.8. The van der Waals surface area contributed by atoms with Crippen LogP contribution >= 0.6 is 0 Å². The van der Waals surface area contributed by atoms with Crippen LogP contribution in [0.4, 0.5) is 4.79 Å². The zero-order chi connectivity index (χ0) is 25.6. The number of carbonyl (C=O) groups is 2. The van der Waals surface area contributed by atoms with Gasteiger partial charge in [0.05, 0.1) is 18.8 Å². The fourth-order valence-electron chi connectivity index (χ4n) is 4.94. The van der Waals surface area contributed by atoms with Gasteiger partial charge in [0.25, 0.3) is 0 Å². The van der Waals surface area contributed by atoms with Gasteiger partial charge in [-0.2, -0.15) is 5.10 Å². The molecule has 10 nitrogen and oxygen atoms in total. The number of aromatic amines is 1. The minimum Gasteiger partial charge on any atom is -0.465 e. The van der Waals surface area contributed by atoms with Crippen LogP contribution < -0.4 is 0 Å². The van der Waals surface area contributed by atoms with Gasteiger partial charge in [0, 0.05) is 36.3 Å². The molecular formula is C26H30N6O4. The van der Waals surface area contributed by atoms with E-state index in [1.165, 1.54) is 12.6 Å². The zero-order valence-electron chi connectivity index (χ0n) is 20.9. The first-order chi connectivity index (χ1) is 17.2. The Hall–Kier alpha value is -3.92. The predicted octanol–water partition coefficient (Wildman–Crippen LogP) is 3.82. The molecule has 0 aliphatic carbocycles. The Morgan fingerprint density at radius 3 is 2.86 bits per heavy atom. The van der Waals surface area contributed by atoms with Gasteiger partial charge in [-0.25, -0.2) is 14.3 Å². The summed E-state index contributed by atoms with van der Waals surface area (Å²) in [5.74, 6) is 0.0348. The molecule has 1 atom stereocenters. The topological polar surface area (TPSA) is 116 Å². The van der Waals surface area contributed by atoms with Crippen LogP contribution in [0.1, 0.15) is 42.6 Å². The highest BCUT2D eigenvalue weighted by Crippen LogP contribution is 2.37. The number of likely N-dealkylation sites (N-methyl/N-ethyl adjacent to an activating group) is 1. The molecular weight excluding hydrogens is 460 g/mol. The van der Waals surface area contributed by atoms with Gasteiger partial charge in [-0.05, 0) is 47.7 Å². The number of carbonyl (C=O) groups excluding carboxylic acids is 1. The number of amides is 2. The summed E-state index contributed by atoms with van der Waals surface area (Å²) in [5, 5.41) is 14.5. The number of pyridine rings is 1. The standard InChI is InChI=1S/C26H30N6O4/c1-15(2)23-19-10-17(21-12-31(7-8-36-21)22(33)13-30(4)26(34)35)5-6-20(19)29-24(23)18-9-16(3)25-27-14-28-32(25)11-18/h5-6,9-11,14-15,21,29H,7-8,12-13H2,1-4H3,(H,34,35). The third-order valence-corrected chi connectivity index (χ3v) is 6.78. The highest BCUT2D eigenvalue weighted by atomic mass is 16.5. The fraction of sp³-hybridized carbons (Fsp3) is 0.385. The van der Waals surface area contributed by atoms with Crippen LogP contribution in [0.2, 0.25) is 0 Å². The number of H-pyrrole nitrogens is 1. The van der Waals surface area contributed by atoms with E-state index in [-0.39, 0.29) is 24.5 Å². The number of benzene rings is 1. The summed E-state index contributed by atoms with van der Waals surface area (Å²) < 4.78 is 7.84. The van der Waals surface area contributed by atoms with Gasteiger partial charge in [0.1, 0.15) is 19.0 Å². The Balaban J connectivity index is 1.48. The van der Waals surface area contributed by atoms with E-state index in [1.54, 1.807) is 15.7 Å². The first-order valence-corrected chi connectivity index (χ1v) is 12.0. The monoisotopic (exact) mass is 490 g/mol. The van der Waals surface area contributed by atoms with E-state index in [9.17, 15) is 9.59 Å². The normalized spacial score (nSPS) is 16.2. The lowest BCUT2D eigenvalue weighted by Gasteiger charge is -2.34. The Morgan fingerprint density at radius 2 is 2.11 bits per heavy atom. The van der Waals surface area contributed by atoms with Crippen molar-refractivity contribution in [3.63, 3.8) is 0 Å². The minimum absolute atomic E-state index is 0.171. The lowest BCUT2D eigenvalue weighted by molar-refractivity contribution is -0.139. The van der Waals surface area contributed by atoms with E-state index in [2.05, 4.69) is 47.1 Å². The summed E-state index contributed by atoms with van der Waals surface area (Å²) >= 11 is 0. The molecule has 1 saturated heterocycles. The zero-order valence-corrected chi connectivity index (χ0v) is 20.9. The number of rotatable bonds is 5. The number of aromatic nitrogens is 4. The molecule has 10 heteroatoms. The molecule has 4 heterocycles. The summed E-state index contributed by atoms with van der Waals surface area (Å²) in [6.45, 7) is 7.44. The highest BCUT2D eigenvalue weighted by Gasteiger charge is 2.27. The maximum Gasteiger partial charge on any atom is 0.407 e. The number of ether oxygens (including phenoxy) is 1. The minimum atomic E-state index is -1.12. The molecule has 4 aromatic rings. The molecule has 0 spiro atoms. The summed E-state index contributed by atoms with van der Waals surface area (Å²) in [6, 6.07) is 8.36. The smallest absolute Gasteiger partial charge is 0.407 e. The fourth-order valence-corrected chi connectivity index (χ4v) is 4.94. The van der Waals surface area contributed by atoms with E-state index < -0.39 is 6.09 Å². The lowest BCUT2D eigenvalue weighted by Crippen LogP contribution is -2.46. The Kier molecular flexibility index (Phi) is 6.13. The SMILES string of the molecule is Cc1cc(-c2[nH]c3ccc(C4CN(C(=O)CN(C)C(=O)O)CCO4)cc3c2C(C)C)cn2ncnc12. The number of nitrogens with one attached hydrogen (secondary N) is 1. The Labute approximate surface area is 208 Å². The number of fused-ring (bicyclic) bond motifs is 2. The van der Waals surface area contributed by atoms with E-state index >= 15 is 0 Å². The maximum absolute atomic E-state index is 12.7. The van der Waals surface area contributed by atoms with Crippen LogP contribution in [0.15, 0.2) is 36.8 Å². The van der Waals surface area contributed by atoms with Gasteiger partial charge in [-0.3, -0.25) is 4.79 Å². The van der Waals surface area contributed by atoms with Crippen molar-refractivity contribution in [1.82, 2.24) is 29.4 Å². The van der Waals surface area contributed by atoms with E-state index in [4.69, 9.17) is 9.84 Å². The predicted molar refractivity (Wildman–Crippen MR) is 135 cm³/mol. The molecule has 3 aromatic heterocycles. The van der Waals surface area contributed by atoms with Gasteiger partial charge in [0.15, 0.2) is 5.65 Å². The Morgan fingerprint density at radius 1 is 1.31 bits per heavy atom. The summed E-state index contributed by atoms with van der Waals surface area (Å²) in [7, 11) is 1.39. The average Bonchev–Trinajstić information content (AvgIpc) is 3.48. The lowest BCUT2D eigenvalue weighted by atomic mass is 9.94. The average molecular weight is 491 g/mol. The van der Waals surface area contributed by atoms with Gasteiger partial charge in [0.2, 0.25) is 5.91 Å². The third kappa shape index (κ3) is 4.28. The van der Waals surface area contributed by atoms with E-state index in [1.807, 2.05) is 19.2 Å². The maximum atomic E-state index is 12.7. The summed E-state index contributed by atoms with van der Waals surface area (Å²) in [6.07, 6.45) is 2.15. The molecule has 1 fully saturated rings. The molecule has 0 bridgehead atoms. The van der Waals surface area contributed by atoms with Crippen molar-refractivity contribution >= 4 is 28.6 Å².